The molecule has 0 aromatic rings. The summed E-state index contributed by atoms with van der Waals surface area (Å²) in [5.41, 5.74) is -1.65. The first-order valence-electron chi connectivity index (χ1n) is 3.27. The molecular weight excluding hydrogens is 166 g/mol. The summed E-state index contributed by atoms with van der Waals surface area (Å²) in [7, 11) is -3.22. The van der Waals surface area contributed by atoms with Crippen LogP contribution in [0.3, 0.4) is 0 Å². The maximum Gasteiger partial charge on any atom is 0.168 e. The van der Waals surface area contributed by atoms with Gasteiger partial charge in [0, 0.05) is 6.42 Å². The quantitative estimate of drug-likeness (QED) is 0.501. The average Bonchev–Trinajstić information content (AvgIpc) is 2.16. The van der Waals surface area contributed by atoms with Crippen LogP contribution >= 0.6 is 0 Å². The standard InChI is InChI=1S/C6H9NO3S/c1-5-6(8,4-7)2-3-11(5,9)10/h5,8H,2-3H2,1H3. The van der Waals surface area contributed by atoms with Crippen molar-refractivity contribution in [2.45, 2.75) is 24.2 Å². The minimum absolute atomic E-state index is 0.0347. The number of aliphatic hydroxyl groups is 1. The Morgan fingerprint density at radius 2 is 2.27 bits per heavy atom. The van der Waals surface area contributed by atoms with Crippen LogP contribution in [0.5, 0.6) is 0 Å². The second kappa shape index (κ2) is 2.19. The third-order valence-corrected chi connectivity index (χ3v) is 4.41. The lowest BCUT2D eigenvalue weighted by atomic mass is 10.0. The highest BCUT2D eigenvalue weighted by atomic mass is 32.2. The van der Waals surface area contributed by atoms with E-state index in [0.29, 0.717) is 0 Å². The number of sulfone groups is 1. The van der Waals surface area contributed by atoms with E-state index in [1.165, 1.54) is 6.92 Å². The van der Waals surface area contributed by atoms with Crippen molar-refractivity contribution in [3.05, 3.63) is 0 Å². The maximum atomic E-state index is 11.0. The molecule has 2 unspecified atom stereocenters. The summed E-state index contributed by atoms with van der Waals surface area (Å²) in [6.45, 7) is 1.37. The van der Waals surface area contributed by atoms with Gasteiger partial charge in [0.2, 0.25) is 0 Å². The van der Waals surface area contributed by atoms with Crippen molar-refractivity contribution in [3.63, 3.8) is 0 Å². The normalized spacial score (nSPS) is 41.7. The van der Waals surface area contributed by atoms with Crippen molar-refractivity contribution in [1.29, 1.82) is 5.26 Å². The van der Waals surface area contributed by atoms with Crippen molar-refractivity contribution in [3.8, 4) is 6.07 Å². The van der Waals surface area contributed by atoms with Gasteiger partial charge < -0.3 is 5.11 Å². The van der Waals surface area contributed by atoms with E-state index in [0.717, 1.165) is 0 Å². The lowest BCUT2D eigenvalue weighted by Crippen LogP contribution is -2.36. The minimum Gasteiger partial charge on any atom is -0.374 e. The number of nitrogens with zero attached hydrogens (tertiary/aromatic N) is 1. The smallest absolute Gasteiger partial charge is 0.168 e. The van der Waals surface area contributed by atoms with Crippen LogP contribution in [0.1, 0.15) is 13.3 Å². The van der Waals surface area contributed by atoms with Gasteiger partial charge in [-0.3, -0.25) is 0 Å². The molecule has 1 aliphatic rings. The fraction of sp³-hybridized carbons (Fsp3) is 0.833. The Balaban J connectivity index is 3.08. The third-order valence-electron chi connectivity index (χ3n) is 2.17. The van der Waals surface area contributed by atoms with Crippen LogP contribution in [0, 0.1) is 11.3 Å². The summed E-state index contributed by atoms with van der Waals surface area (Å²) in [5, 5.41) is 16.9. The highest BCUT2D eigenvalue weighted by Crippen LogP contribution is 2.29. The van der Waals surface area contributed by atoms with Gasteiger partial charge in [0.1, 0.15) is 5.25 Å². The van der Waals surface area contributed by atoms with Crippen LogP contribution in [0.25, 0.3) is 0 Å². The Labute approximate surface area is 65.4 Å². The van der Waals surface area contributed by atoms with Gasteiger partial charge in [-0.15, -0.1) is 0 Å². The lowest BCUT2D eigenvalue weighted by molar-refractivity contribution is 0.104. The highest BCUT2D eigenvalue weighted by Gasteiger charge is 2.48. The zero-order valence-electron chi connectivity index (χ0n) is 6.11. The van der Waals surface area contributed by atoms with Gasteiger partial charge in [0.05, 0.1) is 11.8 Å². The molecule has 62 valence electrons. The summed E-state index contributed by atoms with van der Waals surface area (Å²) in [6, 6.07) is 1.62. The summed E-state index contributed by atoms with van der Waals surface area (Å²) in [4.78, 5) is 0. The third kappa shape index (κ3) is 1.12. The van der Waals surface area contributed by atoms with Gasteiger partial charge in [-0.1, -0.05) is 0 Å². The monoisotopic (exact) mass is 175 g/mol. The molecule has 0 aromatic carbocycles. The molecule has 1 rings (SSSR count). The van der Waals surface area contributed by atoms with Crippen LogP contribution in [-0.2, 0) is 9.84 Å². The van der Waals surface area contributed by atoms with Crippen molar-refractivity contribution in [2.24, 2.45) is 0 Å². The molecule has 1 aliphatic heterocycles. The Bertz CT molecular complexity index is 302. The number of hydrogen-bond donors (Lipinski definition) is 1. The molecule has 1 N–H and O–H groups in total. The van der Waals surface area contributed by atoms with E-state index in [9.17, 15) is 13.5 Å². The zero-order valence-corrected chi connectivity index (χ0v) is 6.93. The molecular formula is C6H9NO3S. The first-order chi connectivity index (χ1) is 4.92. The van der Waals surface area contributed by atoms with Gasteiger partial charge in [0.25, 0.3) is 0 Å². The maximum absolute atomic E-state index is 11.0. The largest absolute Gasteiger partial charge is 0.374 e. The Hall–Kier alpha value is -0.600. The first-order valence-corrected chi connectivity index (χ1v) is 4.99. The molecule has 0 spiro atoms. The molecule has 1 saturated heterocycles. The Morgan fingerprint density at radius 3 is 2.45 bits per heavy atom. The summed E-state index contributed by atoms with van der Waals surface area (Å²) < 4.78 is 22.0. The van der Waals surface area contributed by atoms with Crippen LogP contribution in [0.4, 0.5) is 0 Å². The van der Waals surface area contributed by atoms with Gasteiger partial charge >= 0.3 is 0 Å². The van der Waals surface area contributed by atoms with E-state index in [-0.39, 0.29) is 12.2 Å². The molecule has 1 fully saturated rings. The molecule has 0 aliphatic carbocycles. The summed E-state index contributed by atoms with van der Waals surface area (Å²) in [5.74, 6) is -0.0851. The molecule has 4 nitrogen and oxygen atoms in total. The van der Waals surface area contributed by atoms with Gasteiger partial charge in [-0.25, -0.2) is 8.42 Å². The summed E-state index contributed by atoms with van der Waals surface area (Å²) >= 11 is 0. The molecule has 0 saturated carbocycles. The number of nitriles is 1. The zero-order chi connectivity index (χ0) is 8.70. The predicted octanol–water partition coefficient (Wildman–Crippen LogP) is -0.552. The second-order valence-electron chi connectivity index (χ2n) is 2.80. The first kappa shape index (κ1) is 8.50. The lowest BCUT2D eigenvalue weighted by Gasteiger charge is -2.15. The van der Waals surface area contributed by atoms with Crippen LogP contribution < -0.4 is 0 Å². The molecule has 0 bridgehead atoms. The molecule has 5 heteroatoms. The van der Waals surface area contributed by atoms with E-state index in [2.05, 4.69) is 0 Å². The summed E-state index contributed by atoms with van der Waals surface area (Å²) in [6.07, 6.45) is 0.0347. The Kier molecular flexibility index (Phi) is 1.69. The van der Waals surface area contributed by atoms with E-state index in [4.69, 9.17) is 5.26 Å². The SMILES string of the molecule is CC1C(O)(C#N)CCS1(=O)=O. The van der Waals surface area contributed by atoms with Crippen molar-refractivity contribution < 1.29 is 13.5 Å². The number of rotatable bonds is 0. The minimum atomic E-state index is -3.22. The van der Waals surface area contributed by atoms with Gasteiger partial charge in [-0.2, -0.15) is 5.26 Å². The molecule has 0 amide bonds. The number of hydrogen-bond acceptors (Lipinski definition) is 4. The van der Waals surface area contributed by atoms with Crippen LogP contribution in [0.2, 0.25) is 0 Å². The fourth-order valence-electron chi connectivity index (χ4n) is 1.12. The van der Waals surface area contributed by atoms with Crippen molar-refractivity contribution in [2.75, 3.05) is 5.75 Å². The van der Waals surface area contributed by atoms with E-state index >= 15 is 0 Å². The van der Waals surface area contributed by atoms with Crippen LogP contribution in [-0.4, -0.2) is 30.1 Å². The van der Waals surface area contributed by atoms with E-state index in [1.54, 1.807) is 6.07 Å². The van der Waals surface area contributed by atoms with Crippen molar-refractivity contribution in [1.82, 2.24) is 0 Å². The van der Waals surface area contributed by atoms with Gasteiger partial charge in [-0.05, 0) is 6.92 Å². The van der Waals surface area contributed by atoms with E-state index < -0.39 is 20.7 Å². The van der Waals surface area contributed by atoms with Crippen molar-refractivity contribution >= 4 is 9.84 Å². The van der Waals surface area contributed by atoms with Crippen LogP contribution in [0.15, 0.2) is 0 Å². The predicted molar refractivity (Wildman–Crippen MR) is 38.4 cm³/mol. The van der Waals surface area contributed by atoms with Gasteiger partial charge in [0.15, 0.2) is 15.4 Å². The second-order valence-corrected chi connectivity index (χ2v) is 5.24. The Morgan fingerprint density at radius 1 is 1.73 bits per heavy atom. The molecule has 1 heterocycles. The molecule has 0 aromatic heterocycles. The topological polar surface area (TPSA) is 78.2 Å². The molecule has 0 radical (unpaired) electrons. The molecule has 2 atom stereocenters. The fourth-order valence-corrected chi connectivity index (χ4v) is 2.84. The highest BCUT2D eigenvalue weighted by molar-refractivity contribution is 7.92. The van der Waals surface area contributed by atoms with E-state index in [1.807, 2.05) is 0 Å². The average molecular weight is 175 g/mol. The molecule has 11 heavy (non-hydrogen) atoms.